The summed E-state index contributed by atoms with van der Waals surface area (Å²) >= 11 is 0. The predicted octanol–water partition coefficient (Wildman–Crippen LogP) is 0.470. The van der Waals surface area contributed by atoms with E-state index in [0.29, 0.717) is 19.4 Å². The van der Waals surface area contributed by atoms with Crippen molar-refractivity contribution in [3.05, 3.63) is 35.9 Å². The van der Waals surface area contributed by atoms with E-state index in [1.165, 1.54) is 4.31 Å². The zero-order valence-electron chi connectivity index (χ0n) is 13.5. The highest BCUT2D eigenvalue weighted by atomic mass is 32.2. The summed E-state index contributed by atoms with van der Waals surface area (Å²) in [5, 5.41) is 11.9. The Hall–Kier alpha value is -1.93. The van der Waals surface area contributed by atoms with Crippen LogP contribution in [0.15, 0.2) is 30.3 Å². The second-order valence-corrected chi connectivity index (χ2v) is 8.03. The average molecular weight is 354 g/mol. The number of hydrogen-bond donors (Lipinski definition) is 2. The topological polar surface area (TPSA) is 104 Å². The van der Waals surface area contributed by atoms with Crippen molar-refractivity contribution in [3.8, 4) is 0 Å². The van der Waals surface area contributed by atoms with Gasteiger partial charge in [0.25, 0.3) is 0 Å². The number of carboxylic acids is 1. The third-order valence-corrected chi connectivity index (χ3v) is 5.39. The van der Waals surface area contributed by atoms with Crippen molar-refractivity contribution in [2.75, 3.05) is 19.3 Å². The lowest BCUT2D eigenvalue weighted by Gasteiger charge is -2.30. The molecule has 1 heterocycles. The summed E-state index contributed by atoms with van der Waals surface area (Å²) in [5.74, 6) is -2.04. The highest BCUT2D eigenvalue weighted by Crippen LogP contribution is 2.19. The molecule has 7 nitrogen and oxygen atoms in total. The van der Waals surface area contributed by atoms with Crippen LogP contribution in [0.3, 0.4) is 0 Å². The third-order valence-electron chi connectivity index (χ3n) is 4.12. The van der Waals surface area contributed by atoms with Crippen molar-refractivity contribution >= 4 is 21.9 Å². The molecule has 8 heteroatoms. The highest BCUT2D eigenvalue weighted by Gasteiger charge is 2.32. The Bertz CT molecular complexity index is 690. The summed E-state index contributed by atoms with van der Waals surface area (Å²) in [6.45, 7) is 0.497. The van der Waals surface area contributed by atoms with Crippen molar-refractivity contribution in [1.82, 2.24) is 9.62 Å². The van der Waals surface area contributed by atoms with Crippen LogP contribution in [0.2, 0.25) is 0 Å². The van der Waals surface area contributed by atoms with Crippen LogP contribution in [0.1, 0.15) is 18.4 Å². The van der Waals surface area contributed by atoms with Gasteiger partial charge in [0.05, 0.1) is 12.2 Å². The van der Waals surface area contributed by atoms with Crippen LogP contribution >= 0.6 is 0 Å². The van der Waals surface area contributed by atoms with E-state index < -0.39 is 33.9 Å². The molecule has 0 bridgehead atoms. The van der Waals surface area contributed by atoms with Crippen LogP contribution in [0.25, 0.3) is 0 Å². The third kappa shape index (κ3) is 5.04. The van der Waals surface area contributed by atoms with E-state index in [1.54, 1.807) is 24.3 Å². The average Bonchev–Trinajstić information content (AvgIpc) is 2.54. The SMILES string of the molecule is CS(=O)(=O)N1CCCC(C(=O)N[C@@H](Cc2ccccc2)C(=O)O)C1. The zero-order valence-corrected chi connectivity index (χ0v) is 14.3. The van der Waals surface area contributed by atoms with Crippen LogP contribution in [0.4, 0.5) is 0 Å². The van der Waals surface area contributed by atoms with Crippen LogP contribution in [0, 0.1) is 5.92 Å². The number of rotatable bonds is 6. The van der Waals surface area contributed by atoms with Gasteiger partial charge >= 0.3 is 5.97 Å². The van der Waals surface area contributed by atoms with Crippen molar-refractivity contribution in [2.24, 2.45) is 5.92 Å². The minimum absolute atomic E-state index is 0.0995. The maximum atomic E-state index is 12.4. The number of carbonyl (C=O) groups excluding carboxylic acids is 1. The molecule has 0 saturated carbocycles. The molecule has 0 aliphatic carbocycles. The number of amides is 1. The largest absolute Gasteiger partial charge is 0.480 e. The molecule has 2 atom stereocenters. The lowest BCUT2D eigenvalue weighted by molar-refractivity contribution is -0.142. The van der Waals surface area contributed by atoms with Crippen molar-refractivity contribution in [3.63, 3.8) is 0 Å². The molecule has 24 heavy (non-hydrogen) atoms. The molecule has 1 amide bonds. The molecule has 1 unspecified atom stereocenters. The Morgan fingerprint density at radius 2 is 2.00 bits per heavy atom. The Labute approximate surface area is 141 Å². The van der Waals surface area contributed by atoms with Crippen LogP contribution in [-0.4, -0.2) is 55.1 Å². The molecule has 1 aliphatic heterocycles. The highest BCUT2D eigenvalue weighted by molar-refractivity contribution is 7.88. The van der Waals surface area contributed by atoms with Gasteiger partial charge in [-0.3, -0.25) is 4.79 Å². The van der Waals surface area contributed by atoms with Gasteiger partial charge in [0.1, 0.15) is 6.04 Å². The summed E-state index contributed by atoms with van der Waals surface area (Å²) in [6, 6.07) is 8.01. The number of piperidine rings is 1. The Balaban J connectivity index is 2.01. The van der Waals surface area contributed by atoms with Gasteiger partial charge in [-0.1, -0.05) is 30.3 Å². The van der Waals surface area contributed by atoms with Crippen molar-refractivity contribution in [1.29, 1.82) is 0 Å². The summed E-state index contributed by atoms with van der Waals surface area (Å²) in [4.78, 5) is 23.8. The van der Waals surface area contributed by atoms with E-state index in [1.807, 2.05) is 6.07 Å². The van der Waals surface area contributed by atoms with E-state index in [0.717, 1.165) is 11.8 Å². The molecule has 2 N–H and O–H groups in total. The fourth-order valence-electron chi connectivity index (χ4n) is 2.80. The lowest BCUT2D eigenvalue weighted by Crippen LogP contribution is -2.49. The molecular weight excluding hydrogens is 332 g/mol. The van der Waals surface area contributed by atoms with Gasteiger partial charge in [0, 0.05) is 19.5 Å². The zero-order chi connectivity index (χ0) is 17.7. The minimum Gasteiger partial charge on any atom is -0.480 e. The maximum absolute atomic E-state index is 12.4. The van der Waals surface area contributed by atoms with Gasteiger partial charge in [0.15, 0.2) is 0 Å². The monoisotopic (exact) mass is 354 g/mol. The number of aliphatic carboxylic acids is 1. The first-order valence-corrected chi connectivity index (χ1v) is 9.64. The quantitative estimate of drug-likeness (QED) is 0.773. The summed E-state index contributed by atoms with van der Waals surface area (Å²) < 4.78 is 24.5. The van der Waals surface area contributed by atoms with Gasteiger partial charge in [-0.2, -0.15) is 0 Å². The van der Waals surface area contributed by atoms with Gasteiger partial charge in [-0.15, -0.1) is 0 Å². The lowest BCUT2D eigenvalue weighted by atomic mass is 9.97. The fraction of sp³-hybridized carbons (Fsp3) is 0.500. The second-order valence-electron chi connectivity index (χ2n) is 6.05. The van der Waals surface area contributed by atoms with Gasteiger partial charge < -0.3 is 10.4 Å². The van der Waals surface area contributed by atoms with Crippen molar-refractivity contribution < 1.29 is 23.1 Å². The Morgan fingerprint density at radius 1 is 1.33 bits per heavy atom. The smallest absolute Gasteiger partial charge is 0.326 e. The number of carboxylic acid groups (broad SMARTS) is 1. The molecule has 0 spiro atoms. The number of benzene rings is 1. The molecule has 2 rings (SSSR count). The van der Waals surface area contributed by atoms with Crippen LogP contribution in [-0.2, 0) is 26.0 Å². The number of nitrogens with one attached hydrogen (secondary N) is 1. The van der Waals surface area contributed by atoms with E-state index in [2.05, 4.69) is 5.32 Å². The van der Waals surface area contributed by atoms with Crippen molar-refractivity contribution in [2.45, 2.75) is 25.3 Å². The summed E-state index contributed by atoms with van der Waals surface area (Å²) in [6.07, 6.45) is 2.43. The Kier molecular flexibility index (Phi) is 5.95. The summed E-state index contributed by atoms with van der Waals surface area (Å²) in [7, 11) is -3.35. The number of nitrogens with zero attached hydrogens (tertiary/aromatic N) is 1. The molecule has 1 fully saturated rings. The maximum Gasteiger partial charge on any atom is 0.326 e. The number of hydrogen-bond acceptors (Lipinski definition) is 4. The van der Waals surface area contributed by atoms with E-state index >= 15 is 0 Å². The fourth-order valence-corrected chi connectivity index (χ4v) is 3.71. The predicted molar refractivity (Wildman–Crippen MR) is 88.9 cm³/mol. The first kappa shape index (κ1) is 18.4. The van der Waals surface area contributed by atoms with E-state index in [9.17, 15) is 23.1 Å². The Morgan fingerprint density at radius 3 is 2.58 bits per heavy atom. The van der Waals surface area contributed by atoms with Gasteiger partial charge in [-0.25, -0.2) is 17.5 Å². The molecule has 1 aromatic carbocycles. The molecule has 1 saturated heterocycles. The van der Waals surface area contributed by atoms with E-state index in [4.69, 9.17) is 0 Å². The first-order chi connectivity index (χ1) is 11.3. The first-order valence-electron chi connectivity index (χ1n) is 7.79. The second kappa shape index (κ2) is 7.76. The number of carbonyl (C=O) groups is 2. The van der Waals surface area contributed by atoms with Gasteiger partial charge in [0.2, 0.25) is 15.9 Å². The normalized spacial score (nSPS) is 20.3. The molecule has 0 aromatic heterocycles. The number of sulfonamides is 1. The van der Waals surface area contributed by atoms with E-state index in [-0.39, 0.29) is 13.0 Å². The molecule has 1 aliphatic rings. The molecule has 0 radical (unpaired) electrons. The van der Waals surface area contributed by atoms with Crippen LogP contribution < -0.4 is 5.32 Å². The van der Waals surface area contributed by atoms with Crippen LogP contribution in [0.5, 0.6) is 0 Å². The molecule has 1 aromatic rings. The summed E-state index contributed by atoms with van der Waals surface area (Å²) in [5.41, 5.74) is 0.812. The molecular formula is C16H22N2O5S. The minimum atomic E-state index is -3.35. The molecule has 132 valence electrons. The van der Waals surface area contributed by atoms with Gasteiger partial charge in [-0.05, 0) is 18.4 Å². The standard InChI is InChI=1S/C16H22N2O5S/c1-24(22,23)18-9-5-8-13(11-18)15(19)17-14(16(20)21)10-12-6-3-2-4-7-12/h2-4,6-7,13-14H,5,8-11H2,1H3,(H,17,19)(H,20,21)/t13?,14-/m0/s1.